The molecule has 0 saturated heterocycles. The second-order valence-electron chi connectivity index (χ2n) is 4.26. The molecule has 0 unspecified atom stereocenters. The molecule has 110 valence electrons. The van der Waals surface area contributed by atoms with E-state index in [2.05, 4.69) is 59.4 Å². The van der Waals surface area contributed by atoms with Crippen LogP contribution < -0.4 is 10.6 Å². The van der Waals surface area contributed by atoms with Gasteiger partial charge in [0.05, 0.1) is 18.1 Å². The highest BCUT2D eigenvalue weighted by molar-refractivity contribution is 9.11. The molecular formula is C14H14Br2N4O. The van der Waals surface area contributed by atoms with Gasteiger partial charge < -0.3 is 10.6 Å². The molecule has 1 heterocycles. The smallest absolute Gasteiger partial charge is 0.275 e. The lowest BCUT2D eigenvalue weighted by Crippen LogP contribution is -2.15. The summed E-state index contributed by atoms with van der Waals surface area (Å²) in [4.78, 5) is 20.5. The SMILES string of the molecule is CCCNc1cnc(C(=O)Nc2c(Br)cccc2Br)cn1. The maximum atomic E-state index is 12.2. The van der Waals surface area contributed by atoms with E-state index in [0.29, 0.717) is 11.5 Å². The highest BCUT2D eigenvalue weighted by Crippen LogP contribution is 2.30. The first kappa shape index (κ1) is 15.9. The minimum atomic E-state index is -0.308. The zero-order valence-electron chi connectivity index (χ0n) is 11.4. The fraction of sp³-hybridized carbons (Fsp3) is 0.214. The van der Waals surface area contributed by atoms with Gasteiger partial charge in [0, 0.05) is 15.5 Å². The van der Waals surface area contributed by atoms with Crippen LogP contribution >= 0.6 is 31.9 Å². The molecule has 5 nitrogen and oxygen atoms in total. The number of nitrogens with one attached hydrogen (secondary N) is 2. The normalized spacial score (nSPS) is 10.2. The minimum Gasteiger partial charge on any atom is -0.369 e. The number of anilines is 2. The molecule has 1 amide bonds. The van der Waals surface area contributed by atoms with E-state index in [9.17, 15) is 4.79 Å². The molecule has 0 radical (unpaired) electrons. The Labute approximate surface area is 139 Å². The molecule has 2 rings (SSSR count). The highest BCUT2D eigenvalue weighted by Gasteiger charge is 2.12. The lowest BCUT2D eigenvalue weighted by Gasteiger charge is -2.09. The number of nitrogens with zero attached hydrogens (tertiary/aromatic N) is 2. The number of para-hydroxylation sites is 1. The molecule has 0 saturated carbocycles. The molecule has 1 aromatic carbocycles. The molecule has 0 aliphatic carbocycles. The number of hydrogen-bond acceptors (Lipinski definition) is 4. The summed E-state index contributed by atoms with van der Waals surface area (Å²) in [5, 5.41) is 5.91. The Morgan fingerprint density at radius 2 is 1.90 bits per heavy atom. The zero-order valence-corrected chi connectivity index (χ0v) is 14.5. The number of aromatic nitrogens is 2. The van der Waals surface area contributed by atoms with Gasteiger partial charge in [-0.3, -0.25) is 4.79 Å². The van der Waals surface area contributed by atoms with Crippen molar-refractivity contribution >= 4 is 49.3 Å². The van der Waals surface area contributed by atoms with Gasteiger partial charge in [0.15, 0.2) is 0 Å². The van der Waals surface area contributed by atoms with Crippen LogP contribution in [-0.2, 0) is 0 Å². The third-order valence-corrected chi connectivity index (χ3v) is 3.96. The summed E-state index contributed by atoms with van der Waals surface area (Å²) in [6, 6.07) is 5.57. The van der Waals surface area contributed by atoms with Crippen molar-refractivity contribution in [1.82, 2.24) is 9.97 Å². The summed E-state index contributed by atoms with van der Waals surface area (Å²) in [5.74, 6) is 0.354. The van der Waals surface area contributed by atoms with Gasteiger partial charge in [-0.25, -0.2) is 9.97 Å². The molecule has 21 heavy (non-hydrogen) atoms. The van der Waals surface area contributed by atoms with Crippen molar-refractivity contribution in [2.45, 2.75) is 13.3 Å². The van der Waals surface area contributed by atoms with Crippen molar-refractivity contribution in [3.63, 3.8) is 0 Å². The van der Waals surface area contributed by atoms with Crippen molar-refractivity contribution in [3.8, 4) is 0 Å². The second-order valence-corrected chi connectivity index (χ2v) is 5.97. The third-order valence-electron chi connectivity index (χ3n) is 2.64. The number of amides is 1. The standard InChI is InChI=1S/C14H14Br2N4O/c1-2-6-17-12-8-18-11(7-19-12)14(21)20-13-9(15)4-3-5-10(13)16/h3-5,7-8H,2,6H2,1H3,(H,17,19)(H,20,21). The van der Waals surface area contributed by atoms with Crippen LogP contribution in [0.25, 0.3) is 0 Å². The van der Waals surface area contributed by atoms with Crippen LogP contribution in [0.5, 0.6) is 0 Å². The highest BCUT2D eigenvalue weighted by atomic mass is 79.9. The van der Waals surface area contributed by atoms with Gasteiger partial charge in [-0.05, 0) is 50.4 Å². The monoisotopic (exact) mass is 412 g/mol. The van der Waals surface area contributed by atoms with Crippen LogP contribution in [-0.4, -0.2) is 22.4 Å². The minimum absolute atomic E-state index is 0.264. The summed E-state index contributed by atoms with van der Waals surface area (Å²) >= 11 is 6.79. The van der Waals surface area contributed by atoms with E-state index < -0.39 is 0 Å². The molecule has 2 aromatic rings. The Morgan fingerprint density at radius 3 is 2.48 bits per heavy atom. The van der Waals surface area contributed by atoms with Crippen molar-refractivity contribution in [2.75, 3.05) is 17.2 Å². The van der Waals surface area contributed by atoms with E-state index in [1.165, 1.54) is 6.20 Å². The second kappa shape index (κ2) is 7.51. The zero-order chi connectivity index (χ0) is 15.2. The molecule has 0 fully saturated rings. The van der Waals surface area contributed by atoms with Crippen LogP contribution in [0, 0.1) is 0 Å². The van der Waals surface area contributed by atoms with E-state index in [1.807, 2.05) is 18.2 Å². The van der Waals surface area contributed by atoms with Crippen molar-refractivity contribution in [3.05, 3.63) is 45.2 Å². The molecule has 7 heteroatoms. The first-order chi connectivity index (χ1) is 10.1. The van der Waals surface area contributed by atoms with E-state index >= 15 is 0 Å². The van der Waals surface area contributed by atoms with E-state index in [-0.39, 0.29) is 11.6 Å². The molecule has 0 bridgehead atoms. The number of benzene rings is 1. The average Bonchev–Trinajstić information content (AvgIpc) is 2.49. The Hall–Kier alpha value is -1.47. The maximum absolute atomic E-state index is 12.2. The van der Waals surface area contributed by atoms with Crippen LogP contribution in [0.15, 0.2) is 39.5 Å². The largest absolute Gasteiger partial charge is 0.369 e. The number of carbonyl (C=O) groups excluding carboxylic acids is 1. The van der Waals surface area contributed by atoms with Crippen LogP contribution in [0.3, 0.4) is 0 Å². The molecule has 1 aromatic heterocycles. The Balaban J connectivity index is 2.10. The average molecular weight is 414 g/mol. The molecule has 2 N–H and O–H groups in total. The molecule has 0 aliphatic rings. The summed E-state index contributed by atoms with van der Waals surface area (Å²) in [6.07, 6.45) is 4.01. The number of hydrogen-bond donors (Lipinski definition) is 2. The lowest BCUT2D eigenvalue weighted by molar-refractivity contribution is 0.102. The fourth-order valence-corrected chi connectivity index (χ4v) is 2.78. The van der Waals surface area contributed by atoms with Crippen molar-refractivity contribution < 1.29 is 4.79 Å². The first-order valence-electron chi connectivity index (χ1n) is 6.43. The third kappa shape index (κ3) is 4.25. The topological polar surface area (TPSA) is 66.9 Å². The summed E-state index contributed by atoms with van der Waals surface area (Å²) < 4.78 is 1.58. The first-order valence-corrected chi connectivity index (χ1v) is 8.01. The number of rotatable bonds is 5. The van der Waals surface area contributed by atoms with E-state index in [4.69, 9.17) is 0 Å². The van der Waals surface area contributed by atoms with Crippen LogP contribution in [0.4, 0.5) is 11.5 Å². The van der Waals surface area contributed by atoms with Crippen LogP contribution in [0.1, 0.15) is 23.8 Å². The van der Waals surface area contributed by atoms with Gasteiger partial charge in [0.25, 0.3) is 5.91 Å². The Bertz CT molecular complexity index is 611. The predicted molar refractivity (Wildman–Crippen MR) is 90.6 cm³/mol. The Morgan fingerprint density at radius 1 is 1.19 bits per heavy atom. The van der Waals surface area contributed by atoms with E-state index in [1.54, 1.807) is 6.20 Å². The number of halogens is 2. The van der Waals surface area contributed by atoms with Gasteiger partial charge in [-0.1, -0.05) is 13.0 Å². The number of carbonyl (C=O) groups is 1. The molecular weight excluding hydrogens is 400 g/mol. The lowest BCUT2D eigenvalue weighted by atomic mass is 10.3. The van der Waals surface area contributed by atoms with Crippen LogP contribution in [0.2, 0.25) is 0 Å². The van der Waals surface area contributed by atoms with Gasteiger partial charge in [0.1, 0.15) is 11.5 Å². The molecule has 0 aliphatic heterocycles. The van der Waals surface area contributed by atoms with Gasteiger partial charge in [-0.2, -0.15) is 0 Å². The molecule has 0 spiro atoms. The fourth-order valence-electron chi connectivity index (χ4n) is 1.58. The molecule has 0 atom stereocenters. The van der Waals surface area contributed by atoms with Gasteiger partial charge in [0.2, 0.25) is 0 Å². The van der Waals surface area contributed by atoms with Gasteiger partial charge >= 0.3 is 0 Å². The Kier molecular flexibility index (Phi) is 5.69. The predicted octanol–water partition coefficient (Wildman–Crippen LogP) is 4.08. The summed E-state index contributed by atoms with van der Waals surface area (Å²) in [7, 11) is 0. The van der Waals surface area contributed by atoms with Crippen molar-refractivity contribution in [1.29, 1.82) is 0 Å². The summed E-state index contributed by atoms with van der Waals surface area (Å²) in [6.45, 7) is 2.89. The van der Waals surface area contributed by atoms with Gasteiger partial charge in [-0.15, -0.1) is 0 Å². The van der Waals surface area contributed by atoms with E-state index in [0.717, 1.165) is 21.9 Å². The summed E-state index contributed by atoms with van der Waals surface area (Å²) in [5.41, 5.74) is 0.928. The maximum Gasteiger partial charge on any atom is 0.275 e. The van der Waals surface area contributed by atoms with Crippen molar-refractivity contribution in [2.24, 2.45) is 0 Å². The quantitative estimate of drug-likeness (QED) is 0.774.